The Morgan fingerprint density at radius 1 is 1.29 bits per heavy atom. The number of hydrogen-bond donors (Lipinski definition) is 1. The van der Waals surface area contributed by atoms with Gasteiger partial charge < -0.3 is 10.2 Å². The molecule has 2 atom stereocenters. The van der Waals surface area contributed by atoms with E-state index in [1.54, 1.807) is 6.07 Å². The molecule has 8 nitrogen and oxygen atoms in total. The molecule has 15 heteroatoms. The zero-order valence-corrected chi connectivity index (χ0v) is 18.6. The fourth-order valence-electron chi connectivity index (χ4n) is 3.19. The molecule has 0 bridgehead atoms. The Morgan fingerprint density at radius 2 is 1.94 bits per heavy atom. The first-order valence-electron chi connectivity index (χ1n) is 9.44. The average molecular weight is 524 g/mol. The van der Waals surface area contributed by atoms with Gasteiger partial charge in [0.1, 0.15) is 11.9 Å². The zero-order chi connectivity index (χ0) is 25.3. The van der Waals surface area contributed by atoms with Crippen molar-refractivity contribution in [2.45, 2.75) is 35.3 Å². The van der Waals surface area contributed by atoms with Crippen LogP contribution < -0.4 is 5.32 Å². The van der Waals surface area contributed by atoms with Gasteiger partial charge in [0.2, 0.25) is 5.91 Å². The van der Waals surface area contributed by atoms with E-state index in [0.717, 1.165) is 6.20 Å². The van der Waals surface area contributed by atoms with Crippen LogP contribution in [0.4, 0.5) is 22.0 Å². The molecule has 0 aliphatic carbocycles. The molecule has 1 fully saturated rings. The molecule has 3 rings (SSSR count). The Kier molecular flexibility index (Phi) is 7.27. The molecule has 1 aliphatic heterocycles. The molecule has 2 aromatic rings. The summed E-state index contributed by atoms with van der Waals surface area (Å²) < 4.78 is 80.3. The topological polar surface area (TPSA) is 108 Å². The van der Waals surface area contributed by atoms with E-state index in [4.69, 9.17) is 16.9 Å². The van der Waals surface area contributed by atoms with Crippen molar-refractivity contribution < 1.29 is 35.8 Å². The molecule has 1 saturated heterocycles. The van der Waals surface area contributed by atoms with Crippen molar-refractivity contribution in [1.29, 1.82) is 5.26 Å². The van der Waals surface area contributed by atoms with Crippen LogP contribution >= 0.6 is 11.6 Å². The molecule has 0 saturated carbocycles. The fourth-order valence-corrected chi connectivity index (χ4v) is 4.28. The van der Waals surface area contributed by atoms with Gasteiger partial charge >= 0.3 is 6.18 Å². The van der Waals surface area contributed by atoms with E-state index < -0.39 is 77.4 Å². The number of carbonyl (C=O) groups is 2. The van der Waals surface area contributed by atoms with Crippen LogP contribution in [-0.4, -0.2) is 55.8 Å². The molecule has 0 spiro atoms. The summed E-state index contributed by atoms with van der Waals surface area (Å²) in [5.74, 6) is -6.20. The first-order chi connectivity index (χ1) is 15.8. The Hall–Kier alpha value is -3.05. The number of nitriles is 1. The second-order valence-corrected chi connectivity index (χ2v) is 9.12. The van der Waals surface area contributed by atoms with Crippen molar-refractivity contribution in [2.24, 2.45) is 0 Å². The molecule has 2 amide bonds. The molecular weight excluding hydrogens is 509 g/mol. The number of nitrogens with zero attached hydrogens (tertiary/aromatic N) is 4. The lowest BCUT2D eigenvalue weighted by atomic mass is 10.2. The van der Waals surface area contributed by atoms with Crippen molar-refractivity contribution in [1.82, 2.24) is 20.0 Å². The number of halogens is 6. The SMILES string of the molecule is N#C[C@@H]1CC(F)(F)CN1C(=O)CNC(=O)c1cn(CS(=O)c2ccc(Cl)cc2)nc1C(F)(F)F. The van der Waals surface area contributed by atoms with Crippen molar-refractivity contribution in [3.63, 3.8) is 0 Å². The van der Waals surface area contributed by atoms with Crippen molar-refractivity contribution in [3.8, 4) is 6.07 Å². The number of hydrogen-bond acceptors (Lipinski definition) is 5. The molecule has 1 aliphatic rings. The first kappa shape index (κ1) is 25.6. The maximum absolute atomic E-state index is 13.5. The standard InChI is InChI=1S/C19H15ClF5N5O3S/c20-11-1-3-13(4-2-11)34(33)10-29-8-14(16(28-29)19(23,24)25)17(32)27-7-15(31)30-9-18(21,22)5-12(30)6-26/h1-4,8,12H,5,7,9-10H2,(H,27,32)/t12-,34?/m0/s1. The summed E-state index contributed by atoms with van der Waals surface area (Å²) in [7, 11) is -1.82. The molecule has 0 radical (unpaired) electrons. The van der Waals surface area contributed by atoms with E-state index in [1.807, 2.05) is 5.32 Å². The molecule has 34 heavy (non-hydrogen) atoms. The molecule has 1 aromatic heterocycles. The van der Waals surface area contributed by atoms with Crippen LogP contribution in [0.5, 0.6) is 0 Å². The van der Waals surface area contributed by atoms with E-state index in [0.29, 0.717) is 14.6 Å². The summed E-state index contributed by atoms with van der Waals surface area (Å²) in [6, 6.07) is 5.86. The van der Waals surface area contributed by atoms with E-state index in [1.165, 1.54) is 24.3 Å². The molecule has 2 heterocycles. The lowest BCUT2D eigenvalue weighted by Crippen LogP contribution is -2.43. The maximum atomic E-state index is 13.5. The predicted molar refractivity (Wildman–Crippen MR) is 108 cm³/mol. The second kappa shape index (κ2) is 9.67. The van der Waals surface area contributed by atoms with Gasteiger partial charge in [-0.2, -0.15) is 23.5 Å². The summed E-state index contributed by atoms with van der Waals surface area (Å²) in [6.45, 7) is -1.95. The van der Waals surface area contributed by atoms with Crippen LogP contribution in [0.15, 0.2) is 35.4 Å². The third-order valence-electron chi connectivity index (χ3n) is 4.74. The van der Waals surface area contributed by atoms with Crippen LogP contribution in [0.25, 0.3) is 0 Å². The average Bonchev–Trinajstić information content (AvgIpc) is 3.32. The van der Waals surface area contributed by atoms with Crippen molar-refractivity contribution in [2.75, 3.05) is 13.1 Å². The minimum atomic E-state index is -5.05. The van der Waals surface area contributed by atoms with Gasteiger partial charge in [-0.3, -0.25) is 18.5 Å². The Balaban J connectivity index is 1.73. The molecule has 1 aromatic carbocycles. The Bertz CT molecular complexity index is 1160. The van der Waals surface area contributed by atoms with Crippen LogP contribution in [0.1, 0.15) is 22.5 Å². The largest absolute Gasteiger partial charge is 0.435 e. The third kappa shape index (κ3) is 5.89. The van der Waals surface area contributed by atoms with Crippen molar-refractivity contribution >= 4 is 34.2 Å². The van der Waals surface area contributed by atoms with Gasteiger partial charge in [0.05, 0.1) is 35.5 Å². The Labute approximate surface area is 196 Å². The summed E-state index contributed by atoms with van der Waals surface area (Å²) in [4.78, 5) is 25.4. The number of nitrogens with one attached hydrogen (secondary N) is 1. The highest BCUT2D eigenvalue weighted by Crippen LogP contribution is 2.32. The van der Waals surface area contributed by atoms with E-state index in [2.05, 4.69) is 5.10 Å². The summed E-state index contributed by atoms with van der Waals surface area (Å²) >= 11 is 5.74. The van der Waals surface area contributed by atoms with Gasteiger partial charge in [-0.05, 0) is 24.3 Å². The number of aromatic nitrogens is 2. The lowest BCUT2D eigenvalue weighted by molar-refractivity contribution is -0.141. The summed E-state index contributed by atoms with van der Waals surface area (Å²) in [5, 5.41) is 14.5. The summed E-state index contributed by atoms with van der Waals surface area (Å²) in [6.07, 6.45) is -5.20. The first-order valence-corrected chi connectivity index (χ1v) is 11.1. The normalized spacial score (nSPS) is 18.4. The molecule has 1 unspecified atom stereocenters. The van der Waals surface area contributed by atoms with Crippen LogP contribution in [-0.2, 0) is 27.6 Å². The number of alkyl halides is 5. The number of amides is 2. The number of carbonyl (C=O) groups excluding carboxylic acids is 2. The van der Waals surface area contributed by atoms with Crippen LogP contribution in [0.3, 0.4) is 0 Å². The number of likely N-dealkylation sites (tertiary alicyclic amines) is 1. The van der Waals surface area contributed by atoms with Gasteiger partial charge in [-0.15, -0.1) is 0 Å². The highest BCUT2D eigenvalue weighted by molar-refractivity contribution is 7.84. The highest BCUT2D eigenvalue weighted by Gasteiger charge is 2.47. The molecule has 1 N–H and O–H groups in total. The van der Waals surface area contributed by atoms with Crippen LogP contribution in [0.2, 0.25) is 5.02 Å². The third-order valence-corrected chi connectivity index (χ3v) is 6.29. The number of rotatable bonds is 6. The lowest BCUT2D eigenvalue weighted by Gasteiger charge is -2.19. The van der Waals surface area contributed by atoms with E-state index in [9.17, 15) is 35.8 Å². The van der Waals surface area contributed by atoms with Gasteiger partial charge in [0.15, 0.2) is 5.69 Å². The van der Waals surface area contributed by atoms with E-state index in [-0.39, 0.29) is 4.90 Å². The highest BCUT2D eigenvalue weighted by atomic mass is 35.5. The van der Waals surface area contributed by atoms with Crippen LogP contribution in [0, 0.1) is 11.3 Å². The second-order valence-electron chi connectivity index (χ2n) is 7.27. The van der Waals surface area contributed by atoms with Gasteiger partial charge in [-0.25, -0.2) is 8.78 Å². The predicted octanol–water partition coefficient (Wildman–Crippen LogP) is 2.81. The minimum absolute atomic E-state index is 0.263. The quantitative estimate of drug-likeness (QED) is 0.586. The fraction of sp³-hybridized carbons (Fsp3) is 0.368. The maximum Gasteiger partial charge on any atom is 0.435 e. The van der Waals surface area contributed by atoms with Gasteiger partial charge in [-0.1, -0.05) is 11.6 Å². The Morgan fingerprint density at radius 3 is 2.53 bits per heavy atom. The van der Waals surface area contributed by atoms with Crippen molar-refractivity contribution in [3.05, 3.63) is 46.7 Å². The van der Waals surface area contributed by atoms with Gasteiger partial charge in [0.25, 0.3) is 11.8 Å². The summed E-state index contributed by atoms with van der Waals surface area (Å²) in [5.41, 5.74) is -2.52. The van der Waals surface area contributed by atoms with E-state index >= 15 is 0 Å². The molecular formula is C19H15ClF5N5O3S. The zero-order valence-electron chi connectivity index (χ0n) is 17.0. The van der Waals surface area contributed by atoms with Gasteiger partial charge in [0, 0.05) is 22.5 Å². The minimum Gasteiger partial charge on any atom is -0.343 e. The molecule has 182 valence electrons. The monoisotopic (exact) mass is 523 g/mol. The number of benzene rings is 1. The smallest absolute Gasteiger partial charge is 0.343 e.